The fraction of sp³-hybridized carbons (Fsp3) is 0.471. The third-order valence-electron chi connectivity index (χ3n) is 4.02. The van der Waals surface area contributed by atoms with E-state index >= 15 is 0 Å². The van der Waals surface area contributed by atoms with Crippen molar-refractivity contribution in [3.63, 3.8) is 0 Å². The summed E-state index contributed by atoms with van der Waals surface area (Å²) in [6.07, 6.45) is 6.27. The molecule has 2 rings (SSSR count). The van der Waals surface area contributed by atoms with Gasteiger partial charge in [-0.3, -0.25) is 4.90 Å². The summed E-state index contributed by atoms with van der Waals surface area (Å²) in [7, 11) is 1.68. The van der Waals surface area contributed by atoms with Gasteiger partial charge < -0.3 is 4.74 Å². The molecule has 0 bridgehead atoms. The SMILES string of the molecule is COc1ccc(C=CCN2CCC(C)(C#N)CC2)cc1. The molecule has 1 heterocycles. The van der Waals surface area contributed by atoms with Gasteiger partial charge in [0.25, 0.3) is 0 Å². The number of nitriles is 1. The van der Waals surface area contributed by atoms with E-state index < -0.39 is 0 Å². The molecule has 0 radical (unpaired) electrons. The van der Waals surface area contributed by atoms with Crippen LogP contribution in [0.25, 0.3) is 6.08 Å². The van der Waals surface area contributed by atoms with Crippen molar-refractivity contribution in [3.8, 4) is 11.8 Å². The Balaban J connectivity index is 1.81. The fourth-order valence-corrected chi connectivity index (χ4v) is 2.39. The molecule has 1 fully saturated rings. The van der Waals surface area contributed by atoms with E-state index in [-0.39, 0.29) is 5.41 Å². The standard InChI is InChI=1S/C17H22N2O/c1-17(14-18)9-12-19(13-10-17)11-3-4-15-5-7-16(20-2)8-6-15/h3-8H,9-13H2,1-2H3. The molecule has 0 amide bonds. The molecule has 1 aromatic rings. The zero-order valence-corrected chi connectivity index (χ0v) is 12.3. The predicted octanol–water partition coefficient (Wildman–Crippen LogP) is 3.33. The Morgan fingerprint density at radius 2 is 1.95 bits per heavy atom. The number of piperidine rings is 1. The van der Waals surface area contributed by atoms with Crippen molar-refractivity contribution in [1.29, 1.82) is 5.26 Å². The molecule has 1 aliphatic heterocycles. The lowest BCUT2D eigenvalue weighted by molar-refractivity contribution is 0.170. The van der Waals surface area contributed by atoms with Crippen LogP contribution in [0.1, 0.15) is 25.3 Å². The summed E-state index contributed by atoms with van der Waals surface area (Å²) >= 11 is 0. The lowest BCUT2D eigenvalue weighted by Gasteiger charge is -2.34. The summed E-state index contributed by atoms with van der Waals surface area (Å²) in [4.78, 5) is 2.40. The van der Waals surface area contributed by atoms with E-state index in [2.05, 4.69) is 42.2 Å². The van der Waals surface area contributed by atoms with Crippen LogP contribution in [0.4, 0.5) is 0 Å². The third-order valence-corrected chi connectivity index (χ3v) is 4.02. The second kappa shape index (κ2) is 6.58. The van der Waals surface area contributed by atoms with E-state index in [4.69, 9.17) is 10.00 Å². The fourth-order valence-electron chi connectivity index (χ4n) is 2.39. The van der Waals surface area contributed by atoms with Crippen LogP contribution in [0.3, 0.4) is 0 Å². The van der Waals surface area contributed by atoms with Gasteiger partial charge in [-0.15, -0.1) is 0 Å². The van der Waals surface area contributed by atoms with Crippen LogP contribution in [0.15, 0.2) is 30.3 Å². The molecule has 1 aliphatic rings. The van der Waals surface area contributed by atoms with Gasteiger partial charge in [0, 0.05) is 6.54 Å². The Kier molecular flexibility index (Phi) is 4.81. The number of hydrogen-bond donors (Lipinski definition) is 0. The Morgan fingerprint density at radius 1 is 1.30 bits per heavy atom. The molecule has 0 saturated carbocycles. The first-order chi connectivity index (χ1) is 9.65. The van der Waals surface area contributed by atoms with Crippen LogP contribution < -0.4 is 4.74 Å². The highest BCUT2D eigenvalue weighted by atomic mass is 16.5. The van der Waals surface area contributed by atoms with E-state index in [9.17, 15) is 0 Å². The van der Waals surface area contributed by atoms with Crippen LogP contribution in [-0.2, 0) is 0 Å². The van der Waals surface area contributed by atoms with Crippen LogP contribution in [0.2, 0.25) is 0 Å². The van der Waals surface area contributed by atoms with Crippen LogP contribution in [0, 0.1) is 16.7 Å². The Morgan fingerprint density at radius 3 is 2.50 bits per heavy atom. The van der Waals surface area contributed by atoms with Crippen molar-refractivity contribution in [1.82, 2.24) is 4.90 Å². The van der Waals surface area contributed by atoms with Gasteiger partial charge in [0.15, 0.2) is 0 Å². The molecule has 0 aliphatic carbocycles. The molecular formula is C17H22N2O. The first kappa shape index (κ1) is 14.6. The highest BCUT2D eigenvalue weighted by Gasteiger charge is 2.29. The average Bonchev–Trinajstić information content (AvgIpc) is 2.50. The molecule has 20 heavy (non-hydrogen) atoms. The van der Waals surface area contributed by atoms with Gasteiger partial charge >= 0.3 is 0 Å². The molecule has 0 N–H and O–H groups in total. The number of nitrogens with zero attached hydrogens (tertiary/aromatic N) is 2. The maximum Gasteiger partial charge on any atom is 0.118 e. The van der Waals surface area contributed by atoms with Crippen LogP contribution >= 0.6 is 0 Å². The molecule has 106 valence electrons. The maximum absolute atomic E-state index is 9.11. The summed E-state index contributed by atoms with van der Waals surface area (Å²) < 4.78 is 5.14. The summed E-state index contributed by atoms with van der Waals surface area (Å²) in [5.74, 6) is 0.883. The largest absolute Gasteiger partial charge is 0.497 e. The smallest absolute Gasteiger partial charge is 0.118 e. The molecule has 1 aromatic carbocycles. The van der Waals surface area contributed by atoms with Gasteiger partial charge in [-0.25, -0.2) is 0 Å². The van der Waals surface area contributed by atoms with Gasteiger partial charge in [0.1, 0.15) is 5.75 Å². The monoisotopic (exact) mass is 270 g/mol. The van der Waals surface area contributed by atoms with Gasteiger partial charge in [-0.1, -0.05) is 24.3 Å². The van der Waals surface area contributed by atoms with Gasteiger partial charge in [0.2, 0.25) is 0 Å². The first-order valence-electron chi connectivity index (χ1n) is 7.09. The number of benzene rings is 1. The molecular weight excluding hydrogens is 248 g/mol. The van der Waals surface area contributed by atoms with Crippen molar-refractivity contribution in [2.24, 2.45) is 5.41 Å². The second-order valence-corrected chi connectivity index (χ2v) is 5.65. The predicted molar refractivity (Wildman–Crippen MR) is 81.4 cm³/mol. The topological polar surface area (TPSA) is 36.3 Å². The third kappa shape index (κ3) is 3.85. The Bertz CT molecular complexity index is 491. The van der Waals surface area contributed by atoms with Crippen molar-refractivity contribution in [2.45, 2.75) is 19.8 Å². The van der Waals surface area contributed by atoms with E-state index in [0.29, 0.717) is 0 Å². The van der Waals surface area contributed by atoms with E-state index in [1.807, 2.05) is 12.1 Å². The summed E-state index contributed by atoms with van der Waals surface area (Å²) in [5.41, 5.74) is 1.07. The van der Waals surface area contributed by atoms with Crippen LogP contribution in [-0.4, -0.2) is 31.6 Å². The summed E-state index contributed by atoms with van der Waals surface area (Å²) in [6.45, 7) is 5.04. The number of likely N-dealkylation sites (tertiary alicyclic amines) is 1. The second-order valence-electron chi connectivity index (χ2n) is 5.65. The maximum atomic E-state index is 9.11. The quantitative estimate of drug-likeness (QED) is 0.842. The zero-order chi connectivity index (χ0) is 14.4. The van der Waals surface area contributed by atoms with Crippen LogP contribution in [0.5, 0.6) is 5.75 Å². The molecule has 3 heteroatoms. The van der Waals surface area contributed by atoms with Crippen molar-refractivity contribution in [3.05, 3.63) is 35.9 Å². The highest BCUT2D eigenvalue weighted by Crippen LogP contribution is 2.29. The molecule has 0 unspecified atom stereocenters. The number of rotatable bonds is 4. The zero-order valence-electron chi connectivity index (χ0n) is 12.3. The lowest BCUT2D eigenvalue weighted by Crippen LogP contribution is -2.37. The Hall–Kier alpha value is -1.79. The number of methoxy groups -OCH3 is 1. The lowest BCUT2D eigenvalue weighted by atomic mass is 9.82. The van der Waals surface area contributed by atoms with E-state index in [0.717, 1.165) is 38.2 Å². The van der Waals surface area contributed by atoms with E-state index in [1.54, 1.807) is 7.11 Å². The van der Waals surface area contributed by atoms with Crippen molar-refractivity contribution < 1.29 is 4.74 Å². The number of ether oxygens (including phenoxy) is 1. The molecule has 1 saturated heterocycles. The molecule has 0 spiro atoms. The van der Waals surface area contributed by atoms with Crippen molar-refractivity contribution in [2.75, 3.05) is 26.7 Å². The normalized spacial score (nSPS) is 18.9. The first-order valence-corrected chi connectivity index (χ1v) is 7.09. The Labute approximate surface area is 121 Å². The molecule has 0 aromatic heterocycles. The average molecular weight is 270 g/mol. The van der Waals surface area contributed by atoms with Crippen molar-refractivity contribution >= 4 is 6.08 Å². The minimum Gasteiger partial charge on any atom is -0.497 e. The molecule has 0 atom stereocenters. The van der Waals surface area contributed by atoms with Gasteiger partial charge in [-0.2, -0.15) is 5.26 Å². The van der Waals surface area contributed by atoms with Gasteiger partial charge in [0.05, 0.1) is 18.6 Å². The van der Waals surface area contributed by atoms with E-state index in [1.165, 1.54) is 5.56 Å². The number of hydrogen-bond acceptors (Lipinski definition) is 3. The molecule has 3 nitrogen and oxygen atoms in total. The minimum atomic E-state index is -0.115. The minimum absolute atomic E-state index is 0.115. The summed E-state index contributed by atoms with van der Waals surface area (Å²) in [6, 6.07) is 10.5. The highest BCUT2D eigenvalue weighted by molar-refractivity contribution is 5.50. The summed E-state index contributed by atoms with van der Waals surface area (Å²) in [5, 5.41) is 9.11. The van der Waals surface area contributed by atoms with Gasteiger partial charge in [-0.05, 0) is 50.6 Å².